The lowest BCUT2D eigenvalue weighted by atomic mass is 10.3. The lowest BCUT2D eigenvalue weighted by Crippen LogP contribution is -2.31. The molecule has 0 unspecified atom stereocenters. The summed E-state index contributed by atoms with van der Waals surface area (Å²) in [7, 11) is -1.94. The minimum absolute atomic E-state index is 0.0300. The summed E-state index contributed by atoms with van der Waals surface area (Å²) >= 11 is 2.95. The van der Waals surface area contributed by atoms with Crippen LogP contribution in [0.5, 0.6) is 0 Å². The number of benzene rings is 1. The molecule has 0 saturated heterocycles. The molecule has 0 atom stereocenters. The molecule has 21 heavy (non-hydrogen) atoms. The molecule has 0 heterocycles. The van der Waals surface area contributed by atoms with Gasteiger partial charge in [-0.3, -0.25) is 0 Å². The Balaban J connectivity index is 2.71. The second kappa shape index (κ2) is 7.53. The third kappa shape index (κ3) is 5.21. The number of sulfonamides is 1. The average Bonchev–Trinajstić information content (AvgIpc) is 2.38. The van der Waals surface area contributed by atoms with E-state index in [1.807, 2.05) is 7.05 Å². The molecule has 8 heteroatoms. The smallest absolute Gasteiger partial charge is 0.243 e. The van der Waals surface area contributed by atoms with E-state index < -0.39 is 20.7 Å². The number of nitrogens with one attached hydrogen (secondary N) is 1. The Morgan fingerprint density at radius 2 is 2.05 bits per heavy atom. The van der Waals surface area contributed by atoms with Crippen LogP contribution in [0.25, 0.3) is 0 Å². The topological polar surface area (TPSA) is 75.4 Å². The number of nitrogen functional groups attached to an aromatic ring is 1. The van der Waals surface area contributed by atoms with Crippen LogP contribution in [0.2, 0.25) is 0 Å². The van der Waals surface area contributed by atoms with E-state index in [0.29, 0.717) is 12.5 Å². The fourth-order valence-corrected chi connectivity index (χ4v) is 3.47. The van der Waals surface area contributed by atoms with E-state index in [2.05, 4.69) is 39.4 Å². The summed E-state index contributed by atoms with van der Waals surface area (Å²) in [6.45, 7) is 5.11. The molecular weight excluding hydrogens is 361 g/mol. The van der Waals surface area contributed by atoms with E-state index in [1.54, 1.807) is 0 Å². The summed E-state index contributed by atoms with van der Waals surface area (Å²) in [5.74, 6) is -0.837. The number of hydrogen-bond donors (Lipinski definition) is 2. The number of anilines is 1. The Hall–Kier alpha value is -0.700. The van der Waals surface area contributed by atoms with E-state index in [-0.39, 0.29) is 16.7 Å². The van der Waals surface area contributed by atoms with Crippen LogP contribution >= 0.6 is 15.9 Å². The molecule has 0 bridgehead atoms. The van der Waals surface area contributed by atoms with Crippen molar-refractivity contribution in [2.24, 2.45) is 0 Å². The molecule has 0 radical (unpaired) electrons. The van der Waals surface area contributed by atoms with Crippen LogP contribution < -0.4 is 10.5 Å². The van der Waals surface area contributed by atoms with Crippen molar-refractivity contribution >= 4 is 31.6 Å². The maximum Gasteiger partial charge on any atom is 0.243 e. The molecule has 1 aromatic rings. The van der Waals surface area contributed by atoms with Gasteiger partial charge in [0, 0.05) is 18.3 Å². The van der Waals surface area contributed by atoms with Gasteiger partial charge in [0.1, 0.15) is 4.90 Å². The van der Waals surface area contributed by atoms with Crippen molar-refractivity contribution in [1.82, 2.24) is 9.62 Å². The van der Waals surface area contributed by atoms with Crippen LogP contribution in [0.4, 0.5) is 10.1 Å². The highest BCUT2D eigenvalue weighted by Gasteiger charge is 2.21. The monoisotopic (exact) mass is 381 g/mol. The van der Waals surface area contributed by atoms with Crippen LogP contribution in [0.3, 0.4) is 0 Å². The minimum atomic E-state index is -3.91. The van der Waals surface area contributed by atoms with Crippen molar-refractivity contribution in [3.05, 3.63) is 22.4 Å². The summed E-state index contributed by atoms with van der Waals surface area (Å²) in [5, 5.41) is 0. The zero-order chi connectivity index (χ0) is 16.2. The molecule has 0 spiro atoms. The minimum Gasteiger partial charge on any atom is -0.399 e. The second-order valence-electron chi connectivity index (χ2n) is 5.14. The SMILES string of the molecule is CC(C)N(C)CCCNS(=O)(=O)c1cc(N)cc(Br)c1F. The van der Waals surface area contributed by atoms with Gasteiger partial charge < -0.3 is 10.6 Å². The Kier molecular flexibility index (Phi) is 6.58. The molecule has 3 N–H and O–H groups in total. The Morgan fingerprint density at radius 3 is 2.62 bits per heavy atom. The Morgan fingerprint density at radius 1 is 1.43 bits per heavy atom. The van der Waals surface area contributed by atoms with Crippen LogP contribution in [-0.4, -0.2) is 39.5 Å². The first-order valence-electron chi connectivity index (χ1n) is 6.59. The molecular formula is C13H21BrFN3O2S. The van der Waals surface area contributed by atoms with Crippen molar-refractivity contribution in [2.75, 3.05) is 25.9 Å². The zero-order valence-corrected chi connectivity index (χ0v) is 14.8. The molecule has 1 rings (SSSR count). The lowest BCUT2D eigenvalue weighted by molar-refractivity contribution is 0.271. The number of nitrogens with zero attached hydrogens (tertiary/aromatic N) is 1. The van der Waals surface area contributed by atoms with Gasteiger partial charge in [0.05, 0.1) is 4.47 Å². The highest BCUT2D eigenvalue weighted by Crippen LogP contribution is 2.25. The molecule has 0 aliphatic rings. The standard InChI is InChI=1S/C13H21BrFN3O2S/c1-9(2)18(3)6-4-5-17-21(19,20)12-8-10(16)7-11(14)13(12)15/h7-9,17H,4-6,16H2,1-3H3. The van der Waals surface area contributed by atoms with Crippen LogP contribution in [0.15, 0.2) is 21.5 Å². The summed E-state index contributed by atoms with van der Waals surface area (Å²) in [6, 6.07) is 2.83. The number of halogens is 2. The zero-order valence-electron chi connectivity index (χ0n) is 12.4. The third-order valence-corrected chi connectivity index (χ3v) is 5.21. The van der Waals surface area contributed by atoms with E-state index in [4.69, 9.17) is 5.73 Å². The van der Waals surface area contributed by atoms with Crippen molar-refractivity contribution in [1.29, 1.82) is 0 Å². The van der Waals surface area contributed by atoms with E-state index in [0.717, 1.165) is 12.6 Å². The van der Waals surface area contributed by atoms with Crippen molar-refractivity contribution < 1.29 is 12.8 Å². The summed E-state index contributed by atoms with van der Waals surface area (Å²) < 4.78 is 40.5. The van der Waals surface area contributed by atoms with Gasteiger partial charge in [-0.1, -0.05) is 0 Å². The molecule has 0 aromatic heterocycles. The highest BCUT2D eigenvalue weighted by molar-refractivity contribution is 9.10. The predicted octanol–water partition coefficient (Wildman–Crippen LogP) is 2.18. The second-order valence-corrected chi connectivity index (χ2v) is 7.73. The fourth-order valence-electron chi connectivity index (χ4n) is 1.65. The molecule has 0 amide bonds. The number of hydrogen-bond acceptors (Lipinski definition) is 4. The van der Waals surface area contributed by atoms with Crippen LogP contribution in [-0.2, 0) is 10.0 Å². The van der Waals surface area contributed by atoms with Crippen molar-refractivity contribution in [3.8, 4) is 0 Å². The van der Waals surface area contributed by atoms with Crippen LogP contribution in [0.1, 0.15) is 20.3 Å². The fraction of sp³-hybridized carbons (Fsp3) is 0.538. The predicted molar refractivity (Wildman–Crippen MR) is 86.1 cm³/mol. The van der Waals surface area contributed by atoms with Gasteiger partial charge in [-0.15, -0.1) is 0 Å². The quantitative estimate of drug-likeness (QED) is 0.560. The molecule has 5 nitrogen and oxygen atoms in total. The molecule has 0 fully saturated rings. The Bertz CT molecular complexity index is 593. The first-order chi connectivity index (χ1) is 9.65. The van der Waals surface area contributed by atoms with Crippen molar-refractivity contribution in [3.63, 3.8) is 0 Å². The first kappa shape index (κ1) is 18.3. The summed E-state index contributed by atoms with van der Waals surface area (Å²) in [5.41, 5.74) is 5.74. The van der Waals surface area contributed by atoms with Gasteiger partial charge >= 0.3 is 0 Å². The van der Waals surface area contributed by atoms with Gasteiger partial charge in [0.15, 0.2) is 5.82 Å². The number of rotatable bonds is 7. The van der Waals surface area contributed by atoms with E-state index in [9.17, 15) is 12.8 Å². The van der Waals surface area contributed by atoms with Gasteiger partial charge in [-0.05, 0) is 61.9 Å². The number of nitrogens with two attached hydrogens (primary N) is 1. The molecule has 120 valence electrons. The summed E-state index contributed by atoms with van der Waals surface area (Å²) in [4.78, 5) is 1.66. The van der Waals surface area contributed by atoms with Gasteiger partial charge in [0.2, 0.25) is 10.0 Å². The molecule has 0 saturated carbocycles. The molecule has 0 aliphatic carbocycles. The third-order valence-electron chi connectivity index (χ3n) is 3.17. The van der Waals surface area contributed by atoms with Gasteiger partial charge in [-0.25, -0.2) is 17.5 Å². The normalized spacial score (nSPS) is 12.3. The maximum absolute atomic E-state index is 13.9. The van der Waals surface area contributed by atoms with E-state index in [1.165, 1.54) is 6.07 Å². The van der Waals surface area contributed by atoms with Crippen molar-refractivity contribution in [2.45, 2.75) is 31.2 Å². The van der Waals surface area contributed by atoms with E-state index >= 15 is 0 Å². The average molecular weight is 382 g/mol. The largest absolute Gasteiger partial charge is 0.399 e. The Labute approximate surface area is 133 Å². The van der Waals surface area contributed by atoms with Gasteiger partial charge in [-0.2, -0.15) is 0 Å². The maximum atomic E-state index is 13.9. The lowest BCUT2D eigenvalue weighted by Gasteiger charge is -2.20. The molecule has 1 aromatic carbocycles. The van der Waals surface area contributed by atoms with Gasteiger partial charge in [0.25, 0.3) is 0 Å². The van der Waals surface area contributed by atoms with Crippen LogP contribution in [0, 0.1) is 5.82 Å². The first-order valence-corrected chi connectivity index (χ1v) is 8.87. The highest BCUT2D eigenvalue weighted by atomic mass is 79.9. The molecule has 0 aliphatic heterocycles. The summed E-state index contributed by atoms with van der Waals surface area (Å²) in [6.07, 6.45) is 0.638.